The van der Waals surface area contributed by atoms with Crippen LogP contribution in [0.3, 0.4) is 0 Å². The molecule has 0 fully saturated rings. The molecule has 2 aliphatic heterocycles. The van der Waals surface area contributed by atoms with Gasteiger partial charge in [0.25, 0.3) is 6.71 Å². The average Bonchev–Trinajstić information content (AvgIpc) is 3.53. The Morgan fingerprint density at radius 2 is 1.08 bits per heavy atom. The quantitative estimate of drug-likeness (QED) is 0.163. The molecule has 0 unspecified atom stereocenters. The maximum absolute atomic E-state index is 7.54. The van der Waals surface area contributed by atoms with Crippen molar-refractivity contribution < 1.29 is 4.42 Å². The molecule has 0 spiro atoms. The Labute approximate surface area is 354 Å². The van der Waals surface area contributed by atoms with Crippen LogP contribution in [-0.2, 0) is 27.1 Å². The molecular formula is C55H63BN2O. The molecule has 59 heavy (non-hydrogen) atoms. The van der Waals surface area contributed by atoms with Crippen LogP contribution in [0.4, 0.5) is 34.1 Å². The highest BCUT2D eigenvalue weighted by atomic mass is 16.3. The van der Waals surface area contributed by atoms with Gasteiger partial charge in [-0.25, -0.2) is 0 Å². The van der Waals surface area contributed by atoms with Crippen molar-refractivity contribution >= 4 is 68.4 Å². The molecule has 3 nitrogen and oxygen atoms in total. The van der Waals surface area contributed by atoms with Gasteiger partial charge in [-0.3, -0.25) is 0 Å². The molecule has 5 aromatic carbocycles. The lowest BCUT2D eigenvalue weighted by Gasteiger charge is -2.46. The van der Waals surface area contributed by atoms with Crippen LogP contribution in [0.2, 0.25) is 0 Å². The zero-order valence-corrected chi connectivity index (χ0v) is 38.2. The van der Waals surface area contributed by atoms with Gasteiger partial charge >= 0.3 is 0 Å². The number of hydrogen-bond acceptors (Lipinski definition) is 3. The Morgan fingerprint density at radius 3 is 1.66 bits per heavy atom. The molecule has 0 atom stereocenters. The van der Waals surface area contributed by atoms with Crippen LogP contribution < -0.4 is 26.4 Å². The standard InChI is InChI=1S/C55H63BN2O/c1-32-15-20-43(34(3)25-32)58-44-30-40-39(53(9,10)22-23-54(40,11)12)29-42(44)56-48-45(26-33(2)27-46(48)58)57(36-18-16-35(17-19-36)51(4,5)6)49-37-28-38-41(31-47(37)59-50(49)56)55(13,14)24-21-52(38,7)8/h15-20,25-31H,21-24H2,1-14H3. The zero-order chi connectivity index (χ0) is 41.9. The zero-order valence-electron chi connectivity index (χ0n) is 38.2. The molecule has 0 bridgehead atoms. The maximum Gasteiger partial charge on any atom is 0.297 e. The van der Waals surface area contributed by atoms with Gasteiger partial charge in [-0.15, -0.1) is 0 Å². The summed E-state index contributed by atoms with van der Waals surface area (Å²) in [6.07, 6.45) is 4.68. The SMILES string of the molecule is Cc1ccc(N2c3cc4c(cc3B3c5oc6cc7c(cc6c5N(c5ccc(C(C)(C)C)cc5)c5cc(C)cc2c53)C(C)(C)CCC7(C)C)C(C)(C)CCC4(C)C)c(C)c1. The minimum Gasteiger partial charge on any atom is -0.468 e. The van der Waals surface area contributed by atoms with E-state index in [2.05, 4.69) is 186 Å². The van der Waals surface area contributed by atoms with E-state index in [0.717, 1.165) is 11.2 Å². The summed E-state index contributed by atoms with van der Waals surface area (Å²) in [4.78, 5) is 5.18. The summed E-state index contributed by atoms with van der Waals surface area (Å²) in [5.41, 5.74) is 23.5. The lowest BCUT2D eigenvalue weighted by Crippen LogP contribution is -2.61. The van der Waals surface area contributed by atoms with E-state index in [-0.39, 0.29) is 33.8 Å². The molecule has 3 heterocycles. The Bertz CT molecular complexity index is 2750. The number of aryl methyl sites for hydroxylation is 3. The molecule has 10 rings (SSSR count). The normalized spacial score (nSPS) is 19.2. The van der Waals surface area contributed by atoms with Crippen LogP contribution >= 0.6 is 0 Å². The largest absolute Gasteiger partial charge is 0.468 e. The van der Waals surface area contributed by atoms with Gasteiger partial charge in [0.1, 0.15) is 5.58 Å². The number of furan rings is 1. The van der Waals surface area contributed by atoms with Crippen molar-refractivity contribution in [2.45, 2.75) is 150 Å². The van der Waals surface area contributed by atoms with Crippen LogP contribution in [0.5, 0.6) is 0 Å². The summed E-state index contributed by atoms with van der Waals surface area (Å²) in [5, 5.41) is 1.22. The van der Waals surface area contributed by atoms with E-state index in [9.17, 15) is 0 Å². The molecule has 0 amide bonds. The number of nitrogens with zero attached hydrogens (tertiary/aromatic N) is 2. The third-order valence-electron chi connectivity index (χ3n) is 15.3. The summed E-state index contributed by atoms with van der Waals surface area (Å²) >= 11 is 0. The molecule has 2 aliphatic carbocycles. The molecule has 0 saturated heterocycles. The van der Waals surface area contributed by atoms with Gasteiger partial charge in [0.05, 0.1) is 11.3 Å². The van der Waals surface area contributed by atoms with E-state index in [1.165, 1.54) is 121 Å². The van der Waals surface area contributed by atoms with Crippen LogP contribution in [0.15, 0.2) is 83.3 Å². The topological polar surface area (TPSA) is 19.6 Å². The van der Waals surface area contributed by atoms with Gasteiger partial charge in [-0.1, -0.05) is 112 Å². The lowest BCUT2D eigenvalue weighted by molar-refractivity contribution is 0.332. The predicted octanol–water partition coefficient (Wildman–Crippen LogP) is 13.4. The van der Waals surface area contributed by atoms with Crippen LogP contribution in [-0.4, -0.2) is 6.71 Å². The highest BCUT2D eigenvalue weighted by Gasteiger charge is 2.50. The first kappa shape index (κ1) is 38.5. The van der Waals surface area contributed by atoms with E-state index in [0.29, 0.717) is 0 Å². The Kier molecular flexibility index (Phi) is 7.97. The van der Waals surface area contributed by atoms with E-state index < -0.39 is 0 Å². The van der Waals surface area contributed by atoms with E-state index in [1.54, 1.807) is 0 Å². The summed E-state index contributed by atoms with van der Waals surface area (Å²) in [6, 6.07) is 31.5. The van der Waals surface area contributed by atoms with Crippen LogP contribution in [0.25, 0.3) is 11.0 Å². The molecule has 4 heteroatoms. The first-order valence-corrected chi connectivity index (χ1v) is 22.3. The number of fused-ring (bicyclic) bond motifs is 8. The molecular weight excluding hydrogens is 715 g/mol. The predicted molar refractivity (Wildman–Crippen MR) is 254 cm³/mol. The third-order valence-corrected chi connectivity index (χ3v) is 15.3. The van der Waals surface area contributed by atoms with Gasteiger partial charge in [-0.2, -0.15) is 0 Å². The first-order valence-electron chi connectivity index (χ1n) is 22.3. The summed E-state index contributed by atoms with van der Waals surface area (Å²) in [5.74, 6) is 0. The van der Waals surface area contributed by atoms with E-state index in [1.807, 2.05) is 0 Å². The van der Waals surface area contributed by atoms with E-state index in [4.69, 9.17) is 4.42 Å². The second-order valence-corrected chi connectivity index (χ2v) is 22.6. The van der Waals surface area contributed by atoms with Crippen molar-refractivity contribution in [1.82, 2.24) is 0 Å². The molecule has 0 N–H and O–H groups in total. The lowest BCUT2D eigenvalue weighted by atomic mass is 9.35. The number of anilines is 6. The molecule has 1 aromatic heterocycles. The smallest absolute Gasteiger partial charge is 0.297 e. The fraction of sp³-hybridized carbons (Fsp3) is 0.418. The number of rotatable bonds is 2. The minimum absolute atomic E-state index is 0.0521. The molecule has 0 saturated carbocycles. The maximum atomic E-state index is 7.54. The second-order valence-electron chi connectivity index (χ2n) is 22.6. The van der Waals surface area contributed by atoms with Crippen molar-refractivity contribution in [3.8, 4) is 0 Å². The first-order chi connectivity index (χ1) is 27.6. The summed E-state index contributed by atoms with van der Waals surface area (Å²) in [6.45, 7) is 33.2. The van der Waals surface area contributed by atoms with Crippen LogP contribution in [0.1, 0.15) is 146 Å². The van der Waals surface area contributed by atoms with Crippen LogP contribution in [0, 0.1) is 20.8 Å². The van der Waals surface area contributed by atoms with Gasteiger partial charge in [0.2, 0.25) is 0 Å². The number of hydrogen-bond donors (Lipinski definition) is 0. The fourth-order valence-corrected chi connectivity index (χ4v) is 11.4. The summed E-state index contributed by atoms with van der Waals surface area (Å²) < 4.78 is 7.54. The highest BCUT2D eigenvalue weighted by Crippen LogP contribution is 2.53. The highest BCUT2D eigenvalue weighted by molar-refractivity contribution is 7.00. The van der Waals surface area contributed by atoms with Crippen molar-refractivity contribution in [3.63, 3.8) is 0 Å². The van der Waals surface area contributed by atoms with Crippen molar-refractivity contribution in [2.75, 3.05) is 9.80 Å². The monoisotopic (exact) mass is 779 g/mol. The summed E-state index contributed by atoms with van der Waals surface area (Å²) in [7, 11) is 0. The Morgan fingerprint density at radius 1 is 0.542 bits per heavy atom. The molecule has 302 valence electrons. The molecule has 6 aromatic rings. The van der Waals surface area contributed by atoms with Gasteiger partial charge < -0.3 is 14.2 Å². The average molecular weight is 779 g/mol. The fourth-order valence-electron chi connectivity index (χ4n) is 11.4. The van der Waals surface area contributed by atoms with Gasteiger partial charge in [0, 0.05) is 33.8 Å². The minimum atomic E-state index is -0.0747. The Hall–Kier alpha value is -4.70. The van der Waals surface area contributed by atoms with Crippen molar-refractivity contribution in [2.24, 2.45) is 0 Å². The number of benzene rings is 5. The molecule has 4 aliphatic rings. The van der Waals surface area contributed by atoms with E-state index >= 15 is 0 Å². The van der Waals surface area contributed by atoms with Gasteiger partial charge in [0.15, 0.2) is 0 Å². The Balaban J connectivity index is 1.35. The van der Waals surface area contributed by atoms with Gasteiger partial charge in [-0.05, 0) is 172 Å². The second kappa shape index (κ2) is 12.2. The third kappa shape index (κ3) is 5.60. The van der Waals surface area contributed by atoms with Crippen molar-refractivity contribution in [3.05, 3.63) is 123 Å². The van der Waals surface area contributed by atoms with Crippen molar-refractivity contribution in [1.29, 1.82) is 0 Å². The molecule has 0 radical (unpaired) electrons.